The van der Waals surface area contributed by atoms with Crippen LogP contribution in [0.4, 0.5) is 11.4 Å². The molecule has 2 N–H and O–H groups in total. The molecule has 38 heavy (non-hydrogen) atoms. The Bertz CT molecular complexity index is 1400. The number of benzene rings is 3. The molecule has 0 fully saturated rings. The fraction of sp³-hybridized carbons (Fsp3) is 0.233. The summed E-state index contributed by atoms with van der Waals surface area (Å²) in [4.78, 5) is 40.3. The summed E-state index contributed by atoms with van der Waals surface area (Å²) in [5.41, 5.74) is 5.25. The summed E-state index contributed by atoms with van der Waals surface area (Å²) in [6.07, 6.45) is 0. The molecule has 1 heterocycles. The Hall–Kier alpha value is -4.43. The Labute approximate surface area is 222 Å². The number of esters is 2. The number of hydrogen-bond acceptors (Lipinski definition) is 7. The highest BCUT2D eigenvalue weighted by molar-refractivity contribution is 6.37. The molecule has 0 saturated heterocycles. The largest absolute Gasteiger partial charge is 0.462 e. The van der Waals surface area contributed by atoms with Gasteiger partial charge >= 0.3 is 11.9 Å². The fourth-order valence-corrected chi connectivity index (χ4v) is 4.32. The van der Waals surface area contributed by atoms with Gasteiger partial charge in [0.1, 0.15) is 0 Å². The van der Waals surface area contributed by atoms with Crippen LogP contribution >= 0.6 is 0 Å². The monoisotopic (exact) mass is 513 g/mol. The van der Waals surface area contributed by atoms with Crippen LogP contribution in [0.3, 0.4) is 0 Å². The predicted octanol–water partition coefficient (Wildman–Crippen LogP) is 5.03. The van der Waals surface area contributed by atoms with Gasteiger partial charge in [0.25, 0.3) is 5.91 Å². The SMILES string of the molecule is CCOC(=O)c1ccc2c(c1)NC(=O)C2=C(Nc1ccc(CN(C)C)c(C(=O)OCC)c1)c1ccccc1. The second-order valence-electron chi connectivity index (χ2n) is 9.01. The molecule has 1 amide bonds. The summed E-state index contributed by atoms with van der Waals surface area (Å²) < 4.78 is 10.4. The summed E-state index contributed by atoms with van der Waals surface area (Å²) in [6.45, 7) is 4.61. The third-order valence-electron chi connectivity index (χ3n) is 5.95. The first-order valence-electron chi connectivity index (χ1n) is 12.5. The third kappa shape index (κ3) is 5.76. The van der Waals surface area contributed by atoms with Crippen molar-refractivity contribution in [3.05, 3.63) is 94.5 Å². The second-order valence-corrected chi connectivity index (χ2v) is 9.01. The van der Waals surface area contributed by atoms with Gasteiger partial charge in [-0.1, -0.05) is 42.5 Å². The van der Waals surface area contributed by atoms with Gasteiger partial charge in [-0.2, -0.15) is 0 Å². The summed E-state index contributed by atoms with van der Waals surface area (Å²) in [7, 11) is 3.87. The first-order valence-corrected chi connectivity index (χ1v) is 12.5. The van der Waals surface area contributed by atoms with Crippen LogP contribution < -0.4 is 10.6 Å². The lowest BCUT2D eigenvalue weighted by Crippen LogP contribution is -2.16. The zero-order valence-electron chi connectivity index (χ0n) is 22.0. The van der Waals surface area contributed by atoms with Crippen molar-refractivity contribution >= 4 is 40.5 Å². The predicted molar refractivity (Wildman–Crippen MR) is 148 cm³/mol. The molecule has 3 aromatic carbocycles. The van der Waals surface area contributed by atoms with E-state index in [0.717, 1.165) is 11.1 Å². The van der Waals surface area contributed by atoms with E-state index in [0.29, 0.717) is 45.9 Å². The molecule has 196 valence electrons. The molecule has 1 aliphatic rings. The maximum atomic E-state index is 13.3. The highest BCUT2D eigenvalue weighted by atomic mass is 16.5. The highest BCUT2D eigenvalue weighted by Crippen LogP contribution is 2.38. The number of carbonyl (C=O) groups excluding carboxylic acids is 3. The first-order chi connectivity index (χ1) is 18.3. The lowest BCUT2D eigenvalue weighted by atomic mass is 9.98. The zero-order valence-corrected chi connectivity index (χ0v) is 22.0. The molecule has 8 heteroatoms. The Morgan fingerprint density at radius 1 is 0.868 bits per heavy atom. The minimum atomic E-state index is -0.451. The van der Waals surface area contributed by atoms with Gasteiger partial charge in [0.15, 0.2) is 0 Å². The summed E-state index contributed by atoms with van der Waals surface area (Å²) >= 11 is 0. The van der Waals surface area contributed by atoms with Crippen LogP contribution in [0, 0.1) is 0 Å². The number of fused-ring (bicyclic) bond motifs is 1. The van der Waals surface area contributed by atoms with Gasteiger partial charge < -0.3 is 25.0 Å². The topological polar surface area (TPSA) is 97.0 Å². The van der Waals surface area contributed by atoms with Crippen LogP contribution in [0.15, 0.2) is 66.7 Å². The van der Waals surface area contributed by atoms with E-state index < -0.39 is 11.9 Å². The van der Waals surface area contributed by atoms with Crippen molar-refractivity contribution in [1.82, 2.24) is 4.90 Å². The average Bonchev–Trinajstić information content (AvgIpc) is 3.23. The Kier molecular flexibility index (Phi) is 8.23. The third-order valence-corrected chi connectivity index (χ3v) is 5.95. The van der Waals surface area contributed by atoms with E-state index in [9.17, 15) is 14.4 Å². The lowest BCUT2D eigenvalue weighted by molar-refractivity contribution is -0.110. The van der Waals surface area contributed by atoms with Crippen molar-refractivity contribution in [3.63, 3.8) is 0 Å². The van der Waals surface area contributed by atoms with Crippen LogP contribution in [0.2, 0.25) is 0 Å². The molecule has 3 aromatic rings. The van der Waals surface area contributed by atoms with E-state index >= 15 is 0 Å². The molecular formula is C30H31N3O5. The molecule has 0 atom stereocenters. The Balaban J connectivity index is 1.82. The number of amides is 1. The molecule has 0 aromatic heterocycles. The summed E-state index contributed by atoms with van der Waals surface area (Å²) in [5, 5.41) is 6.26. The van der Waals surface area contributed by atoms with Crippen molar-refractivity contribution in [1.29, 1.82) is 0 Å². The Morgan fingerprint density at radius 3 is 2.26 bits per heavy atom. The van der Waals surface area contributed by atoms with Crippen LogP contribution in [-0.4, -0.2) is 50.1 Å². The maximum absolute atomic E-state index is 13.3. The van der Waals surface area contributed by atoms with Crippen LogP contribution in [0.1, 0.15) is 51.3 Å². The summed E-state index contributed by atoms with van der Waals surface area (Å²) in [6, 6.07) is 20.0. The molecule has 0 bridgehead atoms. The van der Waals surface area contributed by atoms with Gasteiger partial charge in [-0.25, -0.2) is 9.59 Å². The number of ether oxygens (including phenoxy) is 2. The quantitative estimate of drug-likeness (QED) is 0.306. The minimum absolute atomic E-state index is 0.261. The van der Waals surface area contributed by atoms with Crippen molar-refractivity contribution in [2.75, 3.05) is 37.9 Å². The molecular weight excluding hydrogens is 482 g/mol. The molecule has 4 rings (SSSR count). The van der Waals surface area contributed by atoms with Gasteiger partial charge in [-0.05, 0) is 63.3 Å². The van der Waals surface area contributed by atoms with Crippen molar-refractivity contribution in [2.45, 2.75) is 20.4 Å². The van der Waals surface area contributed by atoms with Gasteiger partial charge in [-0.15, -0.1) is 0 Å². The van der Waals surface area contributed by atoms with E-state index in [2.05, 4.69) is 10.6 Å². The molecule has 0 aliphatic carbocycles. The average molecular weight is 514 g/mol. The number of nitrogens with zero attached hydrogens (tertiary/aromatic N) is 1. The van der Waals surface area contributed by atoms with E-state index in [1.165, 1.54) is 0 Å². The second kappa shape index (κ2) is 11.7. The molecule has 1 aliphatic heterocycles. The van der Waals surface area contributed by atoms with Gasteiger partial charge in [0, 0.05) is 17.8 Å². The molecule has 0 unspecified atom stereocenters. The lowest BCUT2D eigenvalue weighted by Gasteiger charge is -2.18. The van der Waals surface area contributed by atoms with Gasteiger partial charge in [-0.3, -0.25) is 4.79 Å². The highest BCUT2D eigenvalue weighted by Gasteiger charge is 2.29. The number of hydrogen-bond donors (Lipinski definition) is 2. The van der Waals surface area contributed by atoms with Crippen molar-refractivity contribution in [3.8, 4) is 0 Å². The van der Waals surface area contributed by atoms with Crippen LogP contribution in [-0.2, 0) is 20.8 Å². The molecule has 0 radical (unpaired) electrons. The smallest absolute Gasteiger partial charge is 0.338 e. The number of nitrogens with one attached hydrogen (secondary N) is 2. The van der Waals surface area contributed by atoms with Gasteiger partial charge in [0.05, 0.1) is 41.3 Å². The number of rotatable bonds is 9. The normalized spacial score (nSPS) is 13.6. The van der Waals surface area contributed by atoms with E-state index in [4.69, 9.17) is 9.47 Å². The standard InChI is InChI=1S/C30H31N3O5/c1-5-37-29(35)20-13-15-23-25(16-20)32-28(34)26(23)27(19-10-8-7-9-11-19)31-22-14-12-21(18-33(3)4)24(17-22)30(36)38-6-2/h7-17,31H,5-6,18H2,1-4H3,(H,32,34). The Morgan fingerprint density at radius 2 is 1.58 bits per heavy atom. The molecule has 0 saturated carbocycles. The zero-order chi connectivity index (χ0) is 27.2. The number of carbonyl (C=O) groups is 3. The van der Waals surface area contributed by atoms with E-state index in [-0.39, 0.29) is 19.1 Å². The van der Waals surface area contributed by atoms with Crippen LogP contribution in [0.25, 0.3) is 11.3 Å². The van der Waals surface area contributed by atoms with Crippen molar-refractivity contribution in [2.24, 2.45) is 0 Å². The van der Waals surface area contributed by atoms with E-state index in [1.807, 2.05) is 61.5 Å². The fourth-order valence-electron chi connectivity index (χ4n) is 4.32. The molecule has 8 nitrogen and oxygen atoms in total. The first kappa shape index (κ1) is 26.6. The van der Waals surface area contributed by atoms with E-state index in [1.54, 1.807) is 38.1 Å². The van der Waals surface area contributed by atoms with Crippen LogP contribution in [0.5, 0.6) is 0 Å². The van der Waals surface area contributed by atoms with Gasteiger partial charge in [0.2, 0.25) is 0 Å². The number of anilines is 2. The maximum Gasteiger partial charge on any atom is 0.338 e. The minimum Gasteiger partial charge on any atom is -0.462 e. The molecule has 0 spiro atoms. The summed E-state index contributed by atoms with van der Waals surface area (Å²) in [5.74, 6) is -1.16. The van der Waals surface area contributed by atoms with Crippen molar-refractivity contribution < 1.29 is 23.9 Å².